The maximum atomic E-state index is 12.3. The van der Waals surface area contributed by atoms with Crippen LogP contribution in [0.2, 0.25) is 0 Å². The Morgan fingerprint density at radius 3 is 2.26 bits per heavy atom. The third-order valence-corrected chi connectivity index (χ3v) is 7.52. The first-order chi connectivity index (χ1) is 11.1. The Morgan fingerprint density at radius 1 is 1.09 bits per heavy atom. The zero-order chi connectivity index (χ0) is 16.7. The maximum absolute atomic E-state index is 12.3. The molecule has 4 atom stereocenters. The van der Waals surface area contributed by atoms with Crippen molar-refractivity contribution in [3.8, 4) is 0 Å². The Bertz CT molecular complexity index is 400. The number of thioether (sulfide) groups is 2. The monoisotopic (exact) mass is 358 g/mol. The van der Waals surface area contributed by atoms with E-state index in [1.807, 2.05) is 30.6 Å². The van der Waals surface area contributed by atoms with Crippen LogP contribution < -0.4 is 10.6 Å². The molecule has 1 saturated heterocycles. The number of hydrogen-bond acceptors (Lipinski definition) is 6. The van der Waals surface area contributed by atoms with Crippen LogP contribution in [0.3, 0.4) is 0 Å². The summed E-state index contributed by atoms with van der Waals surface area (Å²) in [4.78, 5) is 24.2. The van der Waals surface area contributed by atoms with Gasteiger partial charge in [0.15, 0.2) is 5.78 Å². The highest BCUT2D eigenvalue weighted by molar-refractivity contribution is 7.99. The van der Waals surface area contributed by atoms with E-state index in [9.17, 15) is 9.59 Å². The van der Waals surface area contributed by atoms with Crippen molar-refractivity contribution in [2.24, 2.45) is 11.8 Å². The zero-order valence-corrected chi connectivity index (χ0v) is 15.9. The molecule has 132 valence electrons. The van der Waals surface area contributed by atoms with E-state index < -0.39 is 0 Å². The second-order valence-electron chi connectivity index (χ2n) is 6.73. The molecule has 0 spiro atoms. The molecule has 4 nitrogen and oxygen atoms in total. The van der Waals surface area contributed by atoms with E-state index in [0.717, 1.165) is 29.1 Å². The summed E-state index contributed by atoms with van der Waals surface area (Å²) >= 11 is 3.80. The summed E-state index contributed by atoms with van der Waals surface area (Å²) in [7, 11) is 1.85. The number of Topliss-reactive ketones (excluding diaryl/α,β-unsaturated/α-hetero) is 2. The lowest BCUT2D eigenvalue weighted by molar-refractivity contribution is -0.120. The van der Waals surface area contributed by atoms with Crippen LogP contribution in [-0.4, -0.2) is 60.3 Å². The van der Waals surface area contributed by atoms with E-state index in [1.54, 1.807) is 6.92 Å². The normalized spacial score (nSPS) is 34.6. The predicted octanol–water partition coefficient (Wildman–Crippen LogP) is 1.98. The molecule has 1 aliphatic carbocycles. The first-order valence-corrected chi connectivity index (χ1v) is 11.0. The van der Waals surface area contributed by atoms with Crippen molar-refractivity contribution < 1.29 is 9.59 Å². The minimum absolute atomic E-state index is 0.115. The summed E-state index contributed by atoms with van der Waals surface area (Å²) in [6.45, 7) is 1.90. The fourth-order valence-electron chi connectivity index (χ4n) is 3.40. The number of ketones is 2. The van der Waals surface area contributed by atoms with Crippen molar-refractivity contribution >= 4 is 35.1 Å². The van der Waals surface area contributed by atoms with Crippen LogP contribution in [0, 0.1) is 11.8 Å². The molecule has 0 amide bonds. The number of likely N-dealkylation sites (N-methyl/N-ethyl adjacent to an activating group) is 1. The molecule has 1 aliphatic heterocycles. The van der Waals surface area contributed by atoms with Crippen LogP contribution >= 0.6 is 23.5 Å². The molecule has 1 saturated carbocycles. The van der Waals surface area contributed by atoms with Gasteiger partial charge in [-0.25, -0.2) is 0 Å². The second kappa shape index (κ2) is 10.1. The van der Waals surface area contributed by atoms with Gasteiger partial charge in [-0.1, -0.05) is 12.8 Å². The first kappa shape index (κ1) is 19.3. The zero-order valence-electron chi connectivity index (χ0n) is 14.3. The van der Waals surface area contributed by atoms with Crippen LogP contribution in [0.25, 0.3) is 0 Å². The van der Waals surface area contributed by atoms with Crippen LogP contribution in [-0.2, 0) is 9.59 Å². The lowest BCUT2D eigenvalue weighted by Crippen LogP contribution is -2.46. The summed E-state index contributed by atoms with van der Waals surface area (Å²) in [6.07, 6.45) is 5.34. The van der Waals surface area contributed by atoms with Gasteiger partial charge < -0.3 is 5.32 Å². The molecule has 0 aromatic carbocycles. The molecule has 0 aromatic heterocycles. The largest absolute Gasteiger partial charge is 0.310 e. The van der Waals surface area contributed by atoms with Crippen molar-refractivity contribution in [1.29, 1.82) is 0 Å². The van der Waals surface area contributed by atoms with Gasteiger partial charge in [-0.05, 0) is 50.2 Å². The number of carbonyl (C=O) groups excluding carboxylic acids is 2. The Kier molecular flexibility index (Phi) is 8.44. The fraction of sp³-hybridized carbons (Fsp3) is 0.882. The lowest BCUT2D eigenvalue weighted by Gasteiger charge is -2.31. The van der Waals surface area contributed by atoms with Crippen molar-refractivity contribution in [2.75, 3.05) is 36.6 Å². The van der Waals surface area contributed by atoms with Gasteiger partial charge in [0.05, 0.1) is 18.6 Å². The summed E-state index contributed by atoms with van der Waals surface area (Å²) < 4.78 is 0. The molecular weight excluding hydrogens is 328 g/mol. The molecule has 2 fully saturated rings. The number of carbonyl (C=O) groups is 2. The fourth-order valence-corrected chi connectivity index (χ4v) is 6.33. The topological polar surface area (TPSA) is 58.2 Å². The van der Waals surface area contributed by atoms with E-state index in [1.165, 1.54) is 31.4 Å². The van der Waals surface area contributed by atoms with Gasteiger partial charge >= 0.3 is 0 Å². The molecule has 1 heterocycles. The molecule has 6 heteroatoms. The SMILES string of the molecule is CN[C@H]1CSC[C@H]2CCCC[C@@H]2CSC[C@@H](C(C)=O)NCC1=O. The molecule has 0 aromatic rings. The molecule has 2 rings (SSSR count). The number of hydrogen-bond donors (Lipinski definition) is 2. The van der Waals surface area contributed by atoms with Crippen molar-refractivity contribution in [2.45, 2.75) is 44.7 Å². The highest BCUT2D eigenvalue weighted by Gasteiger charge is 2.27. The number of nitrogens with one attached hydrogen (secondary N) is 2. The third kappa shape index (κ3) is 6.07. The van der Waals surface area contributed by atoms with Gasteiger partial charge in [-0.2, -0.15) is 23.5 Å². The Labute approximate surface area is 148 Å². The average molecular weight is 359 g/mol. The molecular formula is C17H30N2O2S2. The van der Waals surface area contributed by atoms with E-state index in [0.29, 0.717) is 0 Å². The van der Waals surface area contributed by atoms with Gasteiger partial charge in [0.25, 0.3) is 0 Å². The molecule has 2 N–H and O–H groups in total. The standard InChI is InChI=1S/C17H30N2O2S2/c1-12(20)15-10-22-8-13-5-3-4-6-14(13)9-23-11-16(18-2)17(21)7-19-15/h13-16,18-19H,3-11H2,1-2H3/t13-,14-,15+,16+/m1/s1. The lowest BCUT2D eigenvalue weighted by atomic mass is 9.81. The van der Waals surface area contributed by atoms with Gasteiger partial charge in [0.1, 0.15) is 5.78 Å². The highest BCUT2D eigenvalue weighted by Crippen LogP contribution is 2.35. The maximum Gasteiger partial charge on any atom is 0.164 e. The molecule has 0 bridgehead atoms. The van der Waals surface area contributed by atoms with Crippen molar-refractivity contribution in [3.05, 3.63) is 0 Å². The average Bonchev–Trinajstić information content (AvgIpc) is 2.55. The summed E-state index contributed by atoms with van der Waals surface area (Å²) in [5.41, 5.74) is 0. The second-order valence-corrected chi connectivity index (χ2v) is 8.88. The Morgan fingerprint density at radius 2 is 1.70 bits per heavy atom. The van der Waals surface area contributed by atoms with Crippen molar-refractivity contribution in [3.63, 3.8) is 0 Å². The Balaban J connectivity index is 2.03. The van der Waals surface area contributed by atoms with Gasteiger partial charge in [0, 0.05) is 11.5 Å². The van der Waals surface area contributed by atoms with Crippen LogP contribution in [0.5, 0.6) is 0 Å². The Hall–Kier alpha value is -0.0400. The molecule has 23 heavy (non-hydrogen) atoms. The van der Waals surface area contributed by atoms with E-state index in [4.69, 9.17) is 0 Å². The predicted molar refractivity (Wildman–Crippen MR) is 100 cm³/mol. The number of fused-ring (bicyclic) bond motifs is 1. The van der Waals surface area contributed by atoms with Crippen LogP contribution in [0.4, 0.5) is 0 Å². The highest BCUT2D eigenvalue weighted by atomic mass is 32.2. The smallest absolute Gasteiger partial charge is 0.164 e. The third-order valence-electron chi connectivity index (χ3n) is 5.05. The minimum Gasteiger partial charge on any atom is -0.310 e. The molecule has 2 aliphatic rings. The van der Waals surface area contributed by atoms with Gasteiger partial charge in [-0.3, -0.25) is 14.9 Å². The summed E-state index contributed by atoms with van der Waals surface area (Å²) in [6, 6.07) is -0.313. The minimum atomic E-state index is -0.197. The summed E-state index contributed by atoms with van der Waals surface area (Å²) in [5, 5.41) is 6.31. The quantitative estimate of drug-likeness (QED) is 0.787. The van der Waals surface area contributed by atoms with Crippen LogP contribution in [0.1, 0.15) is 32.6 Å². The van der Waals surface area contributed by atoms with E-state index >= 15 is 0 Å². The first-order valence-electron chi connectivity index (χ1n) is 8.71. The number of rotatable bonds is 2. The van der Waals surface area contributed by atoms with Gasteiger partial charge in [0.2, 0.25) is 0 Å². The molecule has 0 radical (unpaired) electrons. The van der Waals surface area contributed by atoms with Crippen molar-refractivity contribution in [1.82, 2.24) is 10.6 Å². The van der Waals surface area contributed by atoms with E-state index in [2.05, 4.69) is 10.6 Å². The molecule has 0 unspecified atom stereocenters. The van der Waals surface area contributed by atoms with Crippen LogP contribution in [0.15, 0.2) is 0 Å². The van der Waals surface area contributed by atoms with Gasteiger partial charge in [-0.15, -0.1) is 0 Å². The summed E-state index contributed by atoms with van der Waals surface area (Å²) in [5.74, 6) is 5.78. The van der Waals surface area contributed by atoms with E-state index in [-0.39, 0.29) is 30.2 Å².